The van der Waals surface area contributed by atoms with Crippen molar-refractivity contribution in [2.24, 2.45) is 11.3 Å². The summed E-state index contributed by atoms with van der Waals surface area (Å²) in [4.78, 5) is 15.4. The number of fused-ring (bicyclic) bond motifs is 4. The van der Waals surface area contributed by atoms with Crippen molar-refractivity contribution >= 4 is 6.09 Å². The zero-order valence-corrected chi connectivity index (χ0v) is 20.3. The lowest BCUT2D eigenvalue weighted by Crippen LogP contribution is -2.53. The molecule has 0 spiro atoms. The molecule has 6 rings (SSSR count). The van der Waals surface area contributed by atoms with Crippen molar-refractivity contribution in [3.05, 3.63) is 53.1 Å². The molecule has 3 heterocycles. The number of rotatable bonds is 5. The van der Waals surface area contributed by atoms with Crippen molar-refractivity contribution in [1.29, 1.82) is 0 Å². The maximum absolute atomic E-state index is 12.9. The standard InChI is InChI=1S/C28H36N2O3/c1-5-32-22-8-6-19(7-9-22)23-15-21-16-28(3,4)26(24(21)14-18(23)2)29-27(31)33-25-17-30-12-10-20(25)11-13-30/h6-9,14-15,20,25-26H,5,10-13,16-17H2,1-4H3,(H,29,31)/t25-,26+/m1/s1. The Morgan fingerprint density at radius 2 is 1.88 bits per heavy atom. The minimum absolute atomic E-state index is 0.0280. The normalized spacial score (nSPS) is 27.2. The Kier molecular flexibility index (Phi) is 5.86. The molecule has 2 atom stereocenters. The summed E-state index contributed by atoms with van der Waals surface area (Å²) in [6, 6.07) is 12.8. The van der Waals surface area contributed by atoms with Crippen LogP contribution in [-0.2, 0) is 11.2 Å². The van der Waals surface area contributed by atoms with Crippen LogP contribution in [0.1, 0.15) is 56.3 Å². The molecule has 3 fully saturated rings. The molecular weight excluding hydrogens is 412 g/mol. The van der Waals surface area contributed by atoms with Crippen LogP contribution in [0, 0.1) is 18.3 Å². The summed E-state index contributed by atoms with van der Waals surface area (Å²) in [6.07, 6.45) is 2.97. The van der Waals surface area contributed by atoms with E-state index in [-0.39, 0.29) is 23.7 Å². The van der Waals surface area contributed by atoms with E-state index >= 15 is 0 Å². The zero-order valence-electron chi connectivity index (χ0n) is 20.3. The van der Waals surface area contributed by atoms with Gasteiger partial charge in [-0.15, -0.1) is 0 Å². The Bertz CT molecular complexity index is 1020. The van der Waals surface area contributed by atoms with E-state index in [0.29, 0.717) is 12.5 Å². The highest BCUT2D eigenvalue weighted by Crippen LogP contribution is 2.47. The number of aryl methyl sites for hydroxylation is 1. The lowest BCUT2D eigenvalue weighted by atomic mass is 9.85. The van der Waals surface area contributed by atoms with Crippen LogP contribution in [-0.4, -0.2) is 43.3 Å². The van der Waals surface area contributed by atoms with Crippen LogP contribution >= 0.6 is 0 Å². The molecule has 1 amide bonds. The first-order valence-corrected chi connectivity index (χ1v) is 12.4. The zero-order chi connectivity index (χ0) is 23.2. The highest BCUT2D eigenvalue weighted by molar-refractivity contribution is 5.72. The maximum atomic E-state index is 12.9. The molecule has 176 valence electrons. The van der Waals surface area contributed by atoms with Crippen LogP contribution < -0.4 is 10.1 Å². The molecule has 1 N–H and O–H groups in total. The van der Waals surface area contributed by atoms with E-state index in [4.69, 9.17) is 9.47 Å². The Labute approximate surface area is 197 Å². The van der Waals surface area contributed by atoms with Gasteiger partial charge >= 0.3 is 6.09 Å². The number of benzene rings is 2. The second kappa shape index (κ2) is 8.68. The lowest BCUT2D eigenvalue weighted by Gasteiger charge is -2.44. The third kappa shape index (κ3) is 4.35. The summed E-state index contributed by atoms with van der Waals surface area (Å²) < 4.78 is 11.5. The predicted molar refractivity (Wildman–Crippen MR) is 131 cm³/mol. The minimum Gasteiger partial charge on any atom is -0.494 e. The molecule has 2 aromatic carbocycles. The molecule has 3 aliphatic heterocycles. The van der Waals surface area contributed by atoms with Crippen molar-refractivity contribution in [1.82, 2.24) is 10.2 Å². The largest absolute Gasteiger partial charge is 0.494 e. The average molecular weight is 449 g/mol. The van der Waals surface area contributed by atoms with Gasteiger partial charge in [0, 0.05) is 6.54 Å². The summed E-state index contributed by atoms with van der Waals surface area (Å²) in [6.45, 7) is 12.5. The van der Waals surface area contributed by atoms with Gasteiger partial charge in [0.05, 0.1) is 12.6 Å². The van der Waals surface area contributed by atoms with E-state index in [9.17, 15) is 4.79 Å². The Hall–Kier alpha value is -2.53. The molecule has 3 saturated heterocycles. The summed E-state index contributed by atoms with van der Waals surface area (Å²) >= 11 is 0. The van der Waals surface area contributed by atoms with Crippen molar-refractivity contribution in [3.63, 3.8) is 0 Å². The van der Waals surface area contributed by atoms with Gasteiger partial charge in [-0.05, 0) is 97.5 Å². The third-order valence-electron chi connectivity index (χ3n) is 7.82. The Morgan fingerprint density at radius 3 is 2.52 bits per heavy atom. The van der Waals surface area contributed by atoms with Gasteiger partial charge in [0.15, 0.2) is 0 Å². The number of piperidine rings is 3. The number of nitrogens with one attached hydrogen (secondary N) is 1. The second-order valence-corrected chi connectivity index (χ2v) is 10.6. The number of amides is 1. The van der Waals surface area contributed by atoms with Gasteiger partial charge in [0.1, 0.15) is 11.9 Å². The van der Waals surface area contributed by atoms with Gasteiger partial charge in [-0.2, -0.15) is 0 Å². The molecule has 33 heavy (non-hydrogen) atoms. The molecule has 2 aromatic rings. The fourth-order valence-corrected chi connectivity index (χ4v) is 6.03. The first kappa shape index (κ1) is 22.3. The molecule has 0 unspecified atom stereocenters. The predicted octanol–water partition coefficient (Wildman–Crippen LogP) is 5.50. The van der Waals surface area contributed by atoms with Gasteiger partial charge in [-0.1, -0.05) is 38.1 Å². The van der Waals surface area contributed by atoms with Crippen LogP contribution in [0.25, 0.3) is 11.1 Å². The highest BCUT2D eigenvalue weighted by atomic mass is 16.6. The van der Waals surface area contributed by atoms with Gasteiger partial charge in [0.2, 0.25) is 0 Å². The molecule has 0 saturated carbocycles. The molecule has 2 bridgehead atoms. The summed E-state index contributed by atoms with van der Waals surface area (Å²) in [5, 5.41) is 3.24. The summed E-state index contributed by atoms with van der Waals surface area (Å²) in [5.41, 5.74) is 6.10. The van der Waals surface area contributed by atoms with Crippen molar-refractivity contribution < 1.29 is 14.3 Å². The Morgan fingerprint density at radius 1 is 1.15 bits per heavy atom. The van der Waals surface area contributed by atoms with Crippen LogP contribution in [0.5, 0.6) is 5.75 Å². The smallest absolute Gasteiger partial charge is 0.407 e. The fraction of sp³-hybridized carbons (Fsp3) is 0.536. The number of ether oxygens (including phenoxy) is 2. The minimum atomic E-state index is -0.270. The first-order valence-electron chi connectivity index (χ1n) is 12.4. The van der Waals surface area contributed by atoms with Gasteiger partial charge < -0.3 is 14.8 Å². The summed E-state index contributed by atoms with van der Waals surface area (Å²) in [7, 11) is 0. The van der Waals surface area contributed by atoms with Crippen molar-refractivity contribution in [3.8, 4) is 16.9 Å². The molecule has 5 nitrogen and oxygen atoms in total. The van der Waals surface area contributed by atoms with Crippen LogP contribution in [0.2, 0.25) is 0 Å². The second-order valence-electron chi connectivity index (χ2n) is 10.6. The van der Waals surface area contributed by atoms with E-state index in [1.165, 1.54) is 27.8 Å². The molecular formula is C28H36N2O3. The van der Waals surface area contributed by atoms with E-state index in [2.05, 4.69) is 55.3 Å². The summed E-state index contributed by atoms with van der Waals surface area (Å²) in [5.74, 6) is 1.41. The van der Waals surface area contributed by atoms with Gasteiger partial charge in [0.25, 0.3) is 0 Å². The average Bonchev–Trinajstić information content (AvgIpc) is 3.03. The molecule has 1 aliphatic carbocycles. The molecule has 5 heteroatoms. The van der Waals surface area contributed by atoms with E-state index in [1.54, 1.807) is 0 Å². The molecule has 0 aromatic heterocycles. The molecule has 0 radical (unpaired) electrons. The van der Waals surface area contributed by atoms with Crippen LogP contribution in [0.4, 0.5) is 4.79 Å². The van der Waals surface area contributed by atoms with Crippen LogP contribution in [0.15, 0.2) is 36.4 Å². The van der Waals surface area contributed by atoms with Gasteiger partial charge in [-0.25, -0.2) is 4.79 Å². The lowest BCUT2D eigenvalue weighted by molar-refractivity contribution is -0.0348. The first-order chi connectivity index (χ1) is 15.8. The van der Waals surface area contributed by atoms with E-state index in [0.717, 1.165) is 44.6 Å². The monoisotopic (exact) mass is 448 g/mol. The molecule has 4 aliphatic rings. The quantitative estimate of drug-likeness (QED) is 0.656. The highest BCUT2D eigenvalue weighted by Gasteiger charge is 2.42. The number of carbonyl (C=O) groups is 1. The number of carbonyl (C=O) groups excluding carboxylic acids is 1. The van der Waals surface area contributed by atoms with E-state index < -0.39 is 0 Å². The van der Waals surface area contributed by atoms with Gasteiger partial charge in [-0.3, -0.25) is 4.90 Å². The Balaban J connectivity index is 1.34. The maximum Gasteiger partial charge on any atom is 0.407 e. The fourth-order valence-electron chi connectivity index (χ4n) is 6.03. The number of hydrogen-bond acceptors (Lipinski definition) is 4. The number of nitrogens with zero attached hydrogens (tertiary/aromatic N) is 1. The van der Waals surface area contributed by atoms with Crippen LogP contribution in [0.3, 0.4) is 0 Å². The van der Waals surface area contributed by atoms with Crippen molar-refractivity contribution in [2.75, 3.05) is 26.2 Å². The SMILES string of the molecule is CCOc1ccc(-c2cc3c(cc2C)[C@H](NC(=O)O[C@@H]2CN4CCC2CC4)C(C)(C)C3)cc1. The third-order valence-corrected chi connectivity index (χ3v) is 7.82. The van der Waals surface area contributed by atoms with E-state index in [1.807, 2.05) is 19.1 Å². The number of hydrogen-bond donors (Lipinski definition) is 1. The van der Waals surface area contributed by atoms with Crippen molar-refractivity contribution in [2.45, 2.75) is 59.1 Å². The number of alkyl carbamates (subject to hydrolysis) is 1. The topological polar surface area (TPSA) is 50.8 Å².